The molecule has 2 unspecified atom stereocenters. The average molecular weight is 596 g/mol. The van der Waals surface area contributed by atoms with Crippen molar-refractivity contribution in [3.63, 3.8) is 0 Å². The van der Waals surface area contributed by atoms with E-state index in [2.05, 4.69) is 37.4 Å². The predicted octanol–water partition coefficient (Wildman–Crippen LogP) is 5.71. The number of nitrogens with zero attached hydrogens (tertiary/aromatic N) is 4. The Morgan fingerprint density at radius 3 is 2.56 bits per heavy atom. The molecule has 2 aromatic carbocycles. The van der Waals surface area contributed by atoms with Crippen LogP contribution in [0.3, 0.4) is 0 Å². The molecule has 0 spiro atoms. The molecule has 2 bridgehead atoms. The molecule has 4 heterocycles. The molecule has 0 aliphatic carbocycles. The molecule has 0 radical (unpaired) electrons. The van der Waals surface area contributed by atoms with Crippen LogP contribution in [0.1, 0.15) is 31.7 Å². The van der Waals surface area contributed by atoms with E-state index in [9.17, 15) is 22.8 Å². The summed E-state index contributed by atoms with van der Waals surface area (Å²) < 4.78 is 47.2. The van der Waals surface area contributed by atoms with Crippen molar-refractivity contribution in [3.8, 4) is 5.75 Å². The first kappa shape index (κ1) is 29.7. The van der Waals surface area contributed by atoms with E-state index in [1.807, 2.05) is 17.0 Å². The monoisotopic (exact) mass is 595 g/mol. The van der Waals surface area contributed by atoms with Crippen molar-refractivity contribution < 1.29 is 27.5 Å². The molecule has 3 fully saturated rings. The van der Waals surface area contributed by atoms with E-state index in [-0.39, 0.29) is 29.6 Å². The molecular weight excluding hydrogens is 563 g/mol. The minimum atomic E-state index is -4.72. The zero-order valence-corrected chi connectivity index (χ0v) is 23.7. The maximum Gasteiger partial charge on any atom is 0.421 e. The van der Waals surface area contributed by atoms with Gasteiger partial charge in [0.25, 0.3) is 0 Å². The Morgan fingerprint density at radius 2 is 1.84 bits per heavy atom. The third kappa shape index (κ3) is 6.65. The van der Waals surface area contributed by atoms with Gasteiger partial charge in [-0.25, -0.2) is 4.98 Å². The van der Waals surface area contributed by atoms with Gasteiger partial charge in [0, 0.05) is 61.4 Å². The SMILES string of the molecule is C=CC(=O)Nc1cccc(Nc2nc(Nc3ccc(N4CC5CCCC4CN5C(C)=O)cc3OC)ncc2C(F)(F)F)c1. The second-order valence-electron chi connectivity index (χ2n) is 10.4. The van der Waals surface area contributed by atoms with Gasteiger partial charge in [-0.2, -0.15) is 18.2 Å². The van der Waals surface area contributed by atoms with Crippen molar-refractivity contribution in [1.82, 2.24) is 14.9 Å². The number of carbonyl (C=O) groups excluding carboxylic acids is 2. The van der Waals surface area contributed by atoms with Crippen LogP contribution < -0.4 is 25.6 Å². The first-order valence-electron chi connectivity index (χ1n) is 13.8. The van der Waals surface area contributed by atoms with Crippen LogP contribution in [0.5, 0.6) is 5.75 Å². The van der Waals surface area contributed by atoms with Crippen molar-refractivity contribution in [3.05, 3.63) is 66.9 Å². The molecule has 43 heavy (non-hydrogen) atoms. The van der Waals surface area contributed by atoms with Gasteiger partial charge in [-0.15, -0.1) is 0 Å². The lowest BCUT2D eigenvalue weighted by molar-refractivity contribution is -0.137. The van der Waals surface area contributed by atoms with E-state index >= 15 is 0 Å². The Bertz CT molecular complexity index is 1530. The number of methoxy groups -OCH3 is 1. The number of halogens is 3. The van der Waals surface area contributed by atoms with E-state index in [0.717, 1.165) is 37.6 Å². The number of alkyl halides is 3. The lowest BCUT2D eigenvalue weighted by Crippen LogP contribution is -2.57. The molecule has 1 aromatic heterocycles. The molecule has 0 saturated carbocycles. The third-order valence-electron chi connectivity index (χ3n) is 7.61. The summed E-state index contributed by atoms with van der Waals surface area (Å²) in [6.45, 7) is 6.39. The highest BCUT2D eigenvalue weighted by Gasteiger charge is 2.38. The Morgan fingerprint density at radius 1 is 1.07 bits per heavy atom. The second kappa shape index (κ2) is 12.2. The fourth-order valence-electron chi connectivity index (χ4n) is 5.57. The second-order valence-corrected chi connectivity index (χ2v) is 10.4. The summed E-state index contributed by atoms with van der Waals surface area (Å²) >= 11 is 0. The molecule has 13 heteroatoms. The fraction of sp³-hybridized carbons (Fsp3) is 0.333. The van der Waals surface area contributed by atoms with Crippen LogP contribution in [0.2, 0.25) is 0 Å². The normalized spacial score (nSPS) is 18.1. The van der Waals surface area contributed by atoms with E-state index in [4.69, 9.17) is 4.74 Å². The molecule has 3 aliphatic rings. The number of nitrogens with one attached hydrogen (secondary N) is 3. The number of ether oxygens (including phenoxy) is 1. The Labute approximate surface area is 246 Å². The molecule has 2 atom stereocenters. The van der Waals surface area contributed by atoms with Crippen LogP contribution in [-0.4, -0.2) is 59.0 Å². The lowest BCUT2D eigenvalue weighted by Gasteiger charge is -2.45. The zero-order chi connectivity index (χ0) is 30.7. The average Bonchev–Trinajstić information content (AvgIpc) is 3.31. The van der Waals surface area contributed by atoms with E-state index in [1.54, 1.807) is 31.2 Å². The van der Waals surface area contributed by atoms with Gasteiger partial charge >= 0.3 is 6.18 Å². The summed E-state index contributed by atoms with van der Waals surface area (Å²) in [6.07, 6.45) is 0.0445. The molecule has 6 rings (SSSR count). The topological polar surface area (TPSA) is 112 Å². The molecule has 3 aliphatic heterocycles. The number of amides is 2. The quantitative estimate of drug-likeness (QED) is 0.284. The van der Waals surface area contributed by atoms with Crippen LogP contribution in [0.4, 0.5) is 47.7 Å². The number of anilines is 6. The van der Waals surface area contributed by atoms with Crippen LogP contribution in [0, 0.1) is 0 Å². The van der Waals surface area contributed by atoms with Gasteiger partial charge in [-0.3, -0.25) is 9.59 Å². The number of hydrogen-bond donors (Lipinski definition) is 3. The van der Waals surface area contributed by atoms with E-state index in [1.165, 1.54) is 13.2 Å². The number of hydrogen-bond acceptors (Lipinski definition) is 8. The summed E-state index contributed by atoms with van der Waals surface area (Å²) in [6, 6.07) is 12.1. The highest BCUT2D eigenvalue weighted by molar-refractivity contribution is 5.99. The molecule has 10 nitrogen and oxygen atoms in total. The number of piperazine rings is 1. The van der Waals surface area contributed by atoms with Crippen LogP contribution in [-0.2, 0) is 15.8 Å². The highest BCUT2D eigenvalue weighted by atomic mass is 19.4. The van der Waals surface area contributed by atoms with Gasteiger partial charge < -0.3 is 30.5 Å². The molecule has 2 amide bonds. The lowest BCUT2D eigenvalue weighted by atomic mass is 10.1. The van der Waals surface area contributed by atoms with Gasteiger partial charge in [0.15, 0.2) is 0 Å². The Balaban J connectivity index is 1.39. The summed E-state index contributed by atoms with van der Waals surface area (Å²) in [4.78, 5) is 36.1. The molecule has 3 saturated heterocycles. The maximum absolute atomic E-state index is 13.9. The predicted molar refractivity (Wildman–Crippen MR) is 158 cm³/mol. The fourth-order valence-corrected chi connectivity index (χ4v) is 5.57. The molecule has 3 aromatic rings. The summed E-state index contributed by atoms with van der Waals surface area (Å²) in [5.74, 6) is -0.453. The third-order valence-corrected chi connectivity index (χ3v) is 7.61. The largest absolute Gasteiger partial charge is 0.494 e. The van der Waals surface area contributed by atoms with Crippen molar-refractivity contribution in [2.75, 3.05) is 41.0 Å². The van der Waals surface area contributed by atoms with Gasteiger partial charge in [0.05, 0.1) is 12.8 Å². The maximum atomic E-state index is 13.9. The molecule has 3 N–H and O–H groups in total. The Kier molecular flexibility index (Phi) is 8.42. The smallest absolute Gasteiger partial charge is 0.421 e. The van der Waals surface area contributed by atoms with Crippen molar-refractivity contribution >= 4 is 46.3 Å². The van der Waals surface area contributed by atoms with Crippen LogP contribution >= 0.6 is 0 Å². The van der Waals surface area contributed by atoms with Gasteiger partial charge in [0.2, 0.25) is 17.8 Å². The number of fused-ring (bicyclic) bond motifs is 4. The summed E-state index contributed by atoms with van der Waals surface area (Å²) in [5.41, 5.74) is 0.983. The number of rotatable bonds is 8. The van der Waals surface area contributed by atoms with Gasteiger partial charge in [-0.05, 0) is 55.7 Å². The highest BCUT2D eigenvalue weighted by Crippen LogP contribution is 2.38. The Hall–Kier alpha value is -4.81. The van der Waals surface area contributed by atoms with E-state index in [0.29, 0.717) is 29.9 Å². The van der Waals surface area contributed by atoms with Crippen molar-refractivity contribution in [1.29, 1.82) is 0 Å². The zero-order valence-electron chi connectivity index (χ0n) is 23.7. The first-order chi connectivity index (χ1) is 20.5. The van der Waals surface area contributed by atoms with Gasteiger partial charge in [0.1, 0.15) is 17.1 Å². The minimum Gasteiger partial charge on any atom is -0.494 e. The molecule has 226 valence electrons. The minimum absolute atomic E-state index is 0.0800. The van der Waals surface area contributed by atoms with Crippen LogP contribution in [0.15, 0.2) is 61.3 Å². The first-order valence-corrected chi connectivity index (χ1v) is 13.8. The van der Waals surface area contributed by atoms with Gasteiger partial charge in [-0.1, -0.05) is 12.6 Å². The van der Waals surface area contributed by atoms with Crippen molar-refractivity contribution in [2.45, 2.75) is 44.4 Å². The van der Waals surface area contributed by atoms with E-state index < -0.39 is 23.5 Å². The number of carbonyl (C=O) groups is 2. The standard InChI is InChI=1S/C30H32F3N7O3/c1-4-27(42)35-19-7-5-8-20(13-19)36-28-24(30(31,32)33)15-34-29(38-28)37-25-12-11-21(14-26(25)43-3)40-17-22-9-6-10-23(40)16-39(22)18(2)41/h4-5,7-8,11-15,22-23H,1,6,9-10,16-17H2,2-3H3,(H,35,42)(H2,34,36,37,38). The molecular formula is C30H32F3N7O3. The number of benzene rings is 2. The van der Waals surface area contributed by atoms with Crippen LogP contribution in [0.25, 0.3) is 0 Å². The summed E-state index contributed by atoms with van der Waals surface area (Å²) in [7, 11) is 1.51. The number of aromatic nitrogens is 2. The summed E-state index contributed by atoms with van der Waals surface area (Å²) in [5, 5.41) is 8.24. The van der Waals surface area contributed by atoms with Crippen molar-refractivity contribution in [2.24, 2.45) is 0 Å².